The zero-order valence-electron chi connectivity index (χ0n) is 7.79. The van der Waals surface area contributed by atoms with Crippen molar-refractivity contribution >= 4 is 11.8 Å². The molecule has 2 unspecified atom stereocenters. The first kappa shape index (κ1) is 9.88. The quantitative estimate of drug-likeness (QED) is 0.654. The lowest BCUT2D eigenvalue weighted by Gasteiger charge is -2.36. The van der Waals surface area contributed by atoms with Crippen molar-refractivity contribution < 1.29 is 0 Å². The summed E-state index contributed by atoms with van der Waals surface area (Å²) >= 11 is 2.02. The van der Waals surface area contributed by atoms with Gasteiger partial charge in [0.25, 0.3) is 0 Å². The molecule has 0 spiro atoms. The molecule has 0 amide bonds. The molecule has 0 N–H and O–H groups in total. The molecule has 0 aliphatic carbocycles. The molecule has 12 heavy (non-hydrogen) atoms. The molecule has 0 aromatic rings. The van der Waals surface area contributed by atoms with Crippen LogP contribution in [-0.4, -0.2) is 35.0 Å². The van der Waals surface area contributed by atoms with Crippen LogP contribution >= 0.6 is 11.8 Å². The summed E-state index contributed by atoms with van der Waals surface area (Å²) in [5.74, 6) is 2.44. The fourth-order valence-corrected chi connectivity index (χ4v) is 2.68. The molecule has 1 rings (SSSR count). The first-order valence-electron chi connectivity index (χ1n) is 4.46. The van der Waals surface area contributed by atoms with Gasteiger partial charge in [0.1, 0.15) is 0 Å². The second-order valence-corrected chi connectivity index (χ2v) is 4.52. The van der Waals surface area contributed by atoms with E-state index in [0.717, 1.165) is 6.54 Å². The van der Waals surface area contributed by atoms with Crippen LogP contribution in [0, 0.1) is 11.3 Å². The maximum absolute atomic E-state index is 8.57. The Morgan fingerprint density at radius 3 is 3.08 bits per heavy atom. The van der Waals surface area contributed by atoms with Gasteiger partial charge in [0.05, 0.1) is 12.5 Å². The number of hydrogen-bond acceptors (Lipinski definition) is 3. The topological polar surface area (TPSA) is 27.0 Å². The van der Waals surface area contributed by atoms with E-state index in [1.807, 2.05) is 11.8 Å². The average molecular weight is 184 g/mol. The summed E-state index contributed by atoms with van der Waals surface area (Å²) < 4.78 is 0. The Labute approximate surface area is 78.9 Å². The minimum absolute atomic E-state index is 0.436. The summed E-state index contributed by atoms with van der Waals surface area (Å²) in [7, 11) is 0. The highest BCUT2D eigenvalue weighted by atomic mass is 32.2. The largest absolute Gasteiger partial charge is 0.295 e. The Morgan fingerprint density at radius 2 is 2.50 bits per heavy atom. The van der Waals surface area contributed by atoms with Crippen LogP contribution in [0.5, 0.6) is 0 Å². The van der Waals surface area contributed by atoms with Gasteiger partial charge in [0.2, 0.25) is 0 Å². The predicted octanol–water partition coefficient (Wildman–Crippen LogP) is 1.73. The number of nitrogens with zero attached hydrogens (tertiary/aromatic N) is 2. The van der Waals surface area contributed by atoms with Gasteiger partial charge in [-0.3, -0.25) is 4.90 Å². The summed E-state index contributed by atoms with van der Waals surface area (Å²) in [5.41, 5.74) is 0. The van der Waals surface area contributed by atoms with Crippen LogP contribution < -0.4 is 0 Å². The molecule has 1 aliphatic heterocycles. The highest BCUT2D eigenvalue weighted by molar-refractivity contribution is 7.99. The predicted molar refractivity (Wildman–Crippen MR) is 53.2 cm³/mol. The molecule has 1 aliphatic rings. The molecule has 2 atom stereocenters. The van der Waals surface area contributed by atoms with E-state index in [-0.39, 0.29) is 0 Å². The van der Waals surface area contributed by atoms with Crippen LogP contribution in [0.25, 0.3) is 0 Å². The Balaban J connectivity index is 2.43. The van der Waals surface area contributed by atoms with E-state index in [1.165, 1.54) is 11.5 Å². The van der Waals surface area contributed by atoms with E-state index in [4.69, 9.17) is 5.26 Å². The second-order valence-electron chi connectivity index (χ2n) is 3.37. The summed E-state index contributed by atoms with van der Waals surface area (Å²) in [6, 6.07) is 3.32. The number of rotatable bonds is 2. The Bertz CT molecular complexity index is 176. The van der Waals surface area contributed by atoms with E-state index < -0.39 is 0 Å². The summed E-state index contributed by atoms with van der Waals surface area (Å²) in [6.45, 7) is 5.55. The Morgan fingerprint density at radius 1 is 1.75 bits per heavy atom. The van der Waals surface area contributed by atoms with Gasteiger partial charge in [-0.15, -0.1) is 0 Å². The third kappa shape index (κ3) is 2.40. The lowest BCUT2D eigenvalue weighted by Crippen LogP contribution is -2.45. The van der Waals surface area contributed by atoms with Crippen LogP contribution in [-0.2, 0) is 0 Å². The zero-order chi connectivity index (χ0) is 8.97. The lowest BCUT2D eigenvalue weighted by atomic mass is 10.1. The van der Waals surface area contributed by atoms with Crippen molar-refractivity contribution in [3.63, 3.8) is 0 Å². The molecule has 0 saturated carbocycles. The van der Waals surface area contributed by atoms with Crippen LogP contribution in [0.1, 0.15) is 20.3 Å². The minimum Gasteiger partial charge on any atom is -0.295 e. The van der Waals surface area contributed by atoms with E-state index in [9.17, 15) is 0 Å². The van der Waals surface area contributed by atoms with E-state index in [2.05, 4.69) is 24.8 Å². The number of hydrogen-bond donors (Lipinski definition) is 0. The van der Waals surface area contributed by atoms with Crippen LogP contribution in [0.15, 0.2) is 0 Å². The molecule has 0 radical (unpaired) electrons. The Hall–Kier alpha value is -0.200. The number of nitriles is 1. The first-order valence-corrected chi connectivity index (χ1v) is 5.61. The maximum Gasteiger partial charge on any atom is 0.0638 e. The summed E-state index contributed by atoms with van der Waals surface area (Å²) in [6.07, 6.45) is 0.662. The normalized spacial score (nSPS) is 27.9. The molecule has 0 aromatic heterocycles. The fraction of sp³-hybridized carbons (Fsp3) is 0.889. The highest BCUT2D eigenvalue weighted by Crippen LogP contribution is 2.19. The molecule has 0 bridgehead atoms. The lowest BCUT2D eigenvalue weighted by molar-refractivity contribution is 0.175. The molecule has 2 nitrogen and oxygen atoms in total. The summed E-state index contributed by atoms with van der Waals surface area (Å²) in [5, 5.41) is 8.57. The molecule has 0 aromatic carbocycles. The highest BCUT2D eigenvalue weighted by Gasteiger charge is 2.22. The van der Waals surface area contributed by atoms with E-state index in [1.54, 1.807) is 0 Å². The van der Waals surface area contributed by atoms with Crippen LogP contribution in [0.4, 0.5) is 0 Å². The molecule has 1 fully saturated rings. The van der Waals surface area contributed by atoms with Crippen LogP contribution in [0.3, 0.4) is 0 Å². The van der Waals surface area contributed by atoms with Gasteiger partial charge in [-0.2, -0.15) is 17.0 Å². The van der Waals surface area contributed by atoms with Gasteiger partial charge in [-0.05, 0) is 13.8 Å². The Kier molecular flexibility index (Phi) is 3.90. The first-order chi connectivity index (χ1) is 5.75. The van der Waals surface area contributed by atoms with Gasteiger partial charge in [-0.25, -0.2) is 0 Å². The van der Waals surface area contributed by atoms with Crippen molar-refractivity contribution in [2.24, 2.45) is 0 Å². The fourth-order valence-electron chi connectivity index (χ4n) is 1.64. The van der Waals surface area contributed by atoms with Crippen LogP contribution in [0.2, 0.25) is 0 Å². The van der Waals surface area contributed by atoms with Gasteiger partial charge in [-0.1, -0.05) is 0 Å². The van der Waals surface area contributed by atoms with Crippen molar-refractivity contribution in [1.29, 1.82) is 5.26 Å². The standard InChI is InChI=1S/C9H16N2S/c1-8(3-4-10)11-5-6-12-7-9(11)2/h8-9H,3,5-7H2,1-2H3. The SMILES string of the molecule is CC(CC#N)N1CCSCC1C. The van der Waals surface area contributed by atoms with Gasteiger partial charge < -0.3 is 0 Å². The molecular weight excluding hydrogens is 168 g/mol. The van der Waals surface area contributed by atoms with Crippen molar-refractivity contribution in [1.82, 2.24) is 4.90 Å². The minimum atomic E-state index is 0.436. The molecule has 68 valence electrons. The van der Waals surface area contributed by atoms with Crippen molar-refractivity contribution in [3.8, 4) is 6.07 Å². The van der Waals surface area contributed by atoms with Crippen molar-refractivity contribution in [2.45, 2.75) is 32.4 Å². The molecule has 3 heteroatoms. The molecule has 1 heterocycles. The summed E-state index contributed by atoms with van der Waals surface area (Å²) in [4.78, 5) is 2.44. The smallest absolute Gasteiger partial charge is 0.0638 e. The van der Waals surface area contributed by atoms with Gasteiger partial charge >= 0.3 is 0 Å². The third-order valence-electron chi connectivity index (χ3n) is 2.37. The van der Waals surface area contributed by atoms with Gasteiger partial charge in [0.15, 0.2) is 0 Å². The van der Waals surface area contributed by atoms with Crippen molar-refractivity contribution in [3.05, 3.63) is 0 Å². The maximum atomic E-state index is 8.57. The zero-order valence-corrected chi connectivity index (χ0v) is 8.60. The third-order valence-corrected chi connectivity index (χ3v) is 3.56. The van der Waals surface area contributed by atoms with E-state index in [0.29, 0.717) is 18.5 Å². The second kappa shape index (κ2) is 4.74. The average Bonchev–Trinajstić information content (AvgIpc) is 2.05. The molecular formula is C9H16N2S. The molecule has 1 saturated heterocycles. The van der Waals surface area contributed by atoms with Crippen molar-refractivity contribution in [2.75, 3.05) is 18.1 Å². The monoisotopic (exact) mass is 184 g/mol. The van der Waals surface area contributed by atoms with E-state index >= 15 is 0 Å². The number of thioether (sulfide) groups is 1. The van der Waals surface area contributed by atoms with Gasteiger partial charge in [0, 0.05) is 30.1 Å².